The highest BCUT2D eigenvalue weighted by molar-refractivity contribution is 5.25. The number of hydrogen-bond acceptors (Lipinski definition) is 2. The summed E-state index contributed by atoms with van der Waals surface area (Å²) >= 11 is 0. The third kappa shape index (κ3) is 3.48. The minimum atomic E-state index is 0.592. The van der Waals surface area contributed by atoms with Crippen molar-refractivity contribution in [3.8, 4) is 0 Å². The van der Waals surface area contributed by atoms with Crippen LogP contribution in [0, 0.1) is 0 Å². The lowest BCUT2D eigenvalue weighted by atomic mass is 10.0. The molecule has 3 rings (SSSR count). The van der Waals surface area contributed by atoms with Crippen molar-refractivity contribution in [3.05, 3.63) is 53.3 Å². The second-order valence-electron chi connectivity index (χ2n) is 6.10. The average molecular weight is 269 g/mol. The maximum Gasteiger partial charge on any atom is 0.0659 e. The van der Waals surface area contributed by atoms with Crippen molar-refractivity contribution in [2.24, 2.45) is 0 Å². The van der Waals surface area contributed by atoms with Crippen LogP contribution in [0.3, 0.4) is 0 Å². The van der Waals surface area contributed by atoms with Crippen LogP contribution in [0.5, 0.6) is 0 Å². The van der Waals surface area contributed by atoms with Crippen molar-refractivity contribution in [1.29, 1.82) is 0 Å². The fourth-order valence-corrected chi connectivity index (χ4v) is 2.33. The van der Waals surface area contributed by atoms with Crippen LogP contribution in [-0.4, -0.2) is 15.8 Å². The molecule has 0 radical (unpaired) electrons. The van der Waals surface area contributed by atoms with Crippen molar-refractivity contribution < 1.29 is 0 Å². The van der Waals surface area contributed by atoms with E-state index in [9.17, 15) is 0 Å². The first kappa shape index (κ1) is 13.4. The van der Waals surface area contributed by atoms with Crippen LogP contribution in [0.2, 0.25) is 0 Å². The summed E-state index contributed by atoms with van der Waals surface area (Å²) in [6.45, 7) is 6.24. The van der Waals surface area contributed by atoms with E-state index >= 15 is 0 Å². The molecule has 106 valence electrons. The van der Waals surface area contributed by atoms with Crippen LogP contribution in [-0.2, 0) is 13.1 Å². The largest absolute Gasteiger partial charge is 0.310 e. The molecule has 1 aromatic carbocycles. The van der Waals surface area contributed by atoms with Crippen LogP contribution < -0.4 is 5.32 Å². The lowest BCUT2D eigenvalue weighted by Gasteiger charge is -2.07. The fourth-order valence-electron chi connectivity index (χ4n) is 2.33. The summed E-state index contributed by atoms with van der Waals surface area (Å²) in [6.07, 6.45) is 6.77. The average Bonchev–Trinajstić information content (AvgIpc) is 3.17. The van der Waals surface area contributed by atoms with Gasteiger partial charge in [-0.25, -0.2) is 0 Å². The highest BCUT2D eigenvalue weighted by atomic mass is 15.3. The van der Waals surface area contributed by atoms with Gasteiger partial charge >= 0.3 is 0 Å². The molecule has 3 nitrogen and oxygen atoms in total. The van der Waals surface area contributed by atoms with Crippen molar-refractivity contribution >= 4 is 0 Å². The van der Waals surface area contributed by atoms with Crippen LogP contribution in [0.15, 0.2) is 36.7 Å². The zero-order chi connectivity index (χ0) is 13.9. The van der Waals surface area contributed by atoms with Gasteiger partial charge in [-0.2, -0.15) is 5.10 Å². The Kier molecular flexibility index (Phi) is 3.88. The fraction of sp³-hybridized carbons (Fsp3) is 0.471. The summed E-state index contributed by atoms with van der Waals surface area (Å²) in [7, 11) is 0. The van der Waals surface area contributed by atoms with Gasteiger partial charge in [-0.3, -0.25) is 4.68 Å². The van der Waals surface area contributed by atoms with E-state index in [1.54, 1.807) is 0 Å². The Bertz CT molecular complexity index is 550. The summed E-state index contributed by atoms with van der Waals surface area (Å²) in [5.74, 6) is 0.592. The Hall–Kier alpha value is -1.61. The SMILES string of the molecule is CC(C)c1ccc(Cn2cc(CNC3CC3)cn2)cc1. The highest BCUT2D eigenvalue weighted by Gasteiger charge is 2.20. The molecule has 0 saturated heterocycles. The molecule has 1 saturated carbocycles. The predicted molar refractivity (Wildman–Crippen MR) is 81.7 cm³/mol. The normalized spacial score (nSPS) is 14.9. The first-order valence-electron chi connectivity index (χ1n) is 7.54. The first-order chi connectivity index (χ1) is 9.70. The highest BCUT2D eigenvalue weighted by Crippen LogP contribution is 2.19. The van der Waals surface area contributed by atoms with Gasteiger partial charge in [-0.05, 0) is 29.9 Å². The molecule has 0 spiro atoms. The number of rotatable bonds is 6. The van der Waals surface area contributed by atoms with Gasteiger partial charge in [0.05, 0.1) is 12.7 Å². The summed E-state index contributed by atoms with van der Waals surface area (Å²) < 4.78 is 2.02. The van der Waals surface area contributed by atoms with Gasteiger partial charge in [-0.15, -0.1) is 0 Å². The molecule has 0 unspecified atom stereocenters. The Balaban J connectivity index is 1.58. The molecule has 1 aliphatic rings. The third-order valence-corrected chi connectivity index (χ3v) is 3.85. The van der Waals surface area contributed by atoms with Gasteiger partial charge in [0.15, 0.2) is 0 Å². The summed E-state index contributed by atoms with van der Waals surface area (Å²) in [5, 5.41) is 7.96. The number of aromatic nitrogens is 2. The van der Waals surface area contributed by atoms with Gasteiger partial charge in [0, 0.05) is 24.3 Å². The number of benzene rings is 1. The van der Waals surface area contributed by atoms with Crippen LogP contribution in [0.25, 0.3) is 0 Å². The Morgan fingerprint density at radius 3 is 2.60 bits per heavy atom. The monoisotopic (exact) mass is 269 g/mol. The molecule has 2 aromatic rings. The van der Waals surface area contributed by atoms with E-state index in [1.165, 1.54) is 29.5 Å². The van der Waals surface area contributed by atoms with Crippen molar-refractivity contribution in [1.82, 2.24) is 15.1 Å². The van der Waals surface area contributed by atoms with Gasteiger partial charge < -0.3 is 5.32 Å². The Morgan fingerprint density at radius 2 is 1.95 bits per heavy atom. The maximum atomic E-state index is 4.44. The van der Waals surface area contributed by atoms with Gasteiger partial charge in [0.25, 0.3) is 0 Å². The van der Waals surface area contributed by atoms with Crippen LogP contribution in [0.1, 0.15) is 49.3 Å². The molecular weight excluding hydrogens is 246 g/mol. The lowest BCUT2D eigenvalue weighted by molar-refractivity contribution is 0.674. The van der Waals surface area contributed by atoms with Crippen molar-refractivity contribution in [3.63, 3.8) is 0 Å². The zero-order valence-corrected chi connectivity index (χ0v) is 12.3. The maximum absolute atomic E-state index is 4.44. The van der Waals surface area contributed by atoms with Crippen LogP contribution >= 0.6 is 0 Å². The molecule has 3 heteroatoms. The van der Waals surface area contributed by atoms with Crippen molar-refractivity contribution in [2.45, 2.75) is 51.7 Å². The molecule has 0 bridgehead atoms. The van der Waals surface area contributed by atoms with E-state index in [1.807, 2.05) is 10.9 Å². The van der Waals surface area contributed by atoms with E-state index in [-0.39, 0.29) is 0 Å². The second-order valence-corrected chi connectivity index (χ2v) is 6.10. The van der Waals surface area contributed by atoms with Crippen molar-refractivity contribution in [2.75, 3.05) is 0 Å². The topological polar surface area (TPSA) is 29.9 Å². The number of hydrogen-bond donors (Lipinski definition) is 1. The van der Waals surface area contributed by atoms with E-state index < -0.39 is 0 Å². The van der Waals surface area contributed by atoms with E-state index in [2.05, 4.69) is 54.7 Å². The predicted octanol–water partition coefficient (Wildman–Crippen LogP) is 3.31. The molecule has 1 aromatic heterocycles. The summed E-state index contributed by atoms with van der Waals surface area (Å²) in [6, 6.07) is 9.61. The van der Waals surface area contributed by atoms with Gasteiger partial charge in [0.2, 0.25) is 0 Å². The molecular formula is C17H23N3. The molecule has 20 heavy (non-hydrogen) atoms. The second kappa shape index (κ2) is 5.80. The van der Waals surface area contributed by atoms with E-state index in [0.29, 0.717) is 5.92 Å². The zero-order valence-electron chi connectivity index (χ0n) is 12.3. The van der Waals surface area contributed by atoms with Crippen LogP contribution in [0.4, 0.5) is 0 Å². The quantitative estimate of drug-likeness (QED) is 0.872. The summed E-state index contributed by atoms with van der Waals surface area (Å²) in [4.78, 5) is 0. The molecule has 1 fully saturated rings. The molecule has 0 amide bonds. The molecule has 1 aliphatic carbocycles. The summed E-state index contributed by atoms with van der Waals surface area (Å²) in [5.41, 5.74) is 3.97. The lowest BCUT2D eigenvalue weighted by Crippen LogP contribution is -2.14. The van der Waals surface area contributed by atoms with Gasteiger partial charge in [0.1, 0.15) is 0 Å². The molecule has 0 aliphatic heterocycles. The number of nitrogens with one attached hydrogen (secondary N) is 1. The first-order valence-corrected chi connectivity index (χ1v) is 7.54. The molecule has 0 atom stereocenters. The molecule has 1 heterocycles. The molecule has 1 N–H and O–H groups in total. The van der Waals surface area contributed by atoms with E-state index in [4.69, 9.17) is 0 Å². The smallest absolute Gasteiger partial charge is 0.0659 e. The van der Waals surface area contributed by atoms with E-state index in [0.717, 1.165) is 19.1 Å². The third-order valence-electron chi connectivity index (χ3n) is 3.85. The standard InChI is InChI=1S/C17H23N3/c1-13(2)16-5-3-14(4-6-16)11-20-12-15(10-19-20)9-18-17-7-8-17/h3-6,10,12-13,17-18H,7-9,11H2,1-2H3. The van der Waals surface area contributed by atoms with Gasteiger partial charge in [-0.1, -0.05) is 38.1 Å². The number of nitrogens with zero attached hydrogens (tertiary/aromatic N) is 2. The minimum Gasteiger partial charge on any atom is -0.310 e. The Labute approximate surface area is 121 Å². The Morgan fingerprint density at radius 1 is 1.20 bits per heavy atom. The minimum absolute atomic E-state index is 0.592.